The highest BCUT2D eigenvalue weighted by Crippen LogP contribution is 2.29. The molecule has 0 aliphatic carbocycles. The summed E-state index contributed by atoms with van der Waals surface area (Å²) in [4.78, 5) is 14.2. The summed E-state index contributed by atoms with van der Waals surface area (Å²) in [6, 6.07) is 4.95. The number of benzene rings is 1. The number of hydrogen-bond acceptors (Lipinski definition) is 2. The van der Waals surface area contributed by atoms with Crippen molar-refractivity contribution >= 4 is 11.6 Å². The topological polar surface area (TPSA) is 32.3 Å². The molecule has 1 fully saturated rings. The van der Waals surface area contributed by atoms with E-state index in [4.69, 9.17) is 0 Å². The largest absolute Gasteiger partial charge is 0.416 e. The second kappa shape index (κ2) is 7.13. The second-order valence-corrected chi connectivity index (χ2v) is 5.65. The molecule has 1 aliphatic rings. The van der Waals surface area contributed by atoms with Crippen LogP contribution in [0.4, 0.5) is 18.9 Å². The number of carbonyl (C=O) groups excluding carboxylic acids is 1. The van der Waals surface area contributed by atoms with Gasteiger partial charge in [0.1, 0.15) is 0 Å². The number of hydrogen-bond donors (Lipinski definition) is 1. The van der Waals surface area contributed by atoms with E-state index >= 15 is 0 Å². The van der Waals surface area contributed by atoms with Crippen molar-refractivity contribution in [1.29, 1.82) is 0 Å². The van der Waals surface area contributed by atoms with Crippen LogP contribution in [0.1, 0.15) is 38.2 Å². The van der Waals surface area contributed by atoms with Crippen LogP contribution in [0.5, 0.6) is 0 Å². The van der Waals surface area contributed by atoms with Crippen molar-refractivity contribution in [2.24, 2.45) is 0 Å². The van der Waals surface area contributed by atoms with Crippen molar-refractivity contribution in [3.63, 3.8) is 0 Å². The van der Waals surface area contributed by atoms with Crippen molar-refractivity contribution in [3.05, 3.63) is 29.8 Å². The van der Waals surface area contributed by atoms with E-state index in [1.807, 2.05) is 0 Å². The van der Waals surface area contributed by atoms with Gasteiger partial charge >= 0.3 is 6.18 Å². The highest BCUT2D eigenvalue weighted by molar-refractivity contribution is 5.92. The van der Waals surface area contributed by atoms with E-state index in [1.54, 1.807) is 0 Å². The van der Waals surface area contributed by atoms with E-state index in [2.05, 4.69) is 17.1 Å². The zero-order chi connectivity index (χ0) is 16.2. The van der Waals surface area contributed by atoms with Gasteiger partial charge < -0.3 is 5.32 Å². The average Bonchev–Trinajstić information content (AvgIpc) is 2.47. The minimum atomic E-state index is -4.36. The standard InChI is InChI=1S/C16H21F3N2O/c1-2-14-5-3-4-10-21(14)11-15(22)20-13-8-6-12(7-9-13)16(17,18)19/h6-9,14H,2-5,10-11H2,1H3,(H,20,22). The first kappa shape index (κ1) is 16.8. The molecule has 0 bridgehead atoms. The number of piperidine rings is 1. The first-order valence-corrected chi connectivity index (χ1v) is 7.61. The maximum Gasteiger partial charge on any atom is 0.416 e. The number of nitrogens with one attached hydrogen (secondary N) is 1. The SMILES string of the molecule is CCC1CCCCN1CC(=O)Nc1ccc(C(F)(F)F)cc1. The van der Waals surface area contributed by atoms with Gasteiger partial charge in [-0.3, -0.25) is 9.69 Å². The van der Waals surface area contributed by atoms with Gasteiger partial charge in [0.15, 0.2) is 0 Å². The molecule has 3 nitrogen and oxygen atoms in total. The van der Waals surface area contributed by atoms with Gasteiger partial charge in [0.25, 0.3) is 0 Å². The van der Waals surface area contributed by atoms with Crippen LogP contribution in [0.15, 0.2) is 24.3 Å². The molecule has 2 rings (SSSR count). The number of rotatable bonds is 4. The number of alkyl halides is 3. The van der Waals surface area contributed by atoms with Crippen LogP contribution >= 0.6 is 0 Å². The Kier molecular flexibility index (Phi) is 5.45. The Morgan fingerprint density at radius 1 is 1.27 bits per heavy atom. The summed E-state index contributed by atoms with van der Waals surface area (Å²) in [5.41, 5.74) is -0.323. The fourth-order valence-electron chi connectivity index (χ4n) is 2.86. The Bertz CT molecular complexity index is 499. The summed E-state index contributed by atoms with van der Waals surface area (Å²) in [6.07, 6.45) is 0.0297. The van der Waals surface area contributed by atoms with E-state index < -0.39 is 11.7 Å². The summed E-state index contributed by atoms with van der Waals surface area (Å²) in [6.45, 7) is 3.30. The minimum Gasteiger partial charge on any atom is -0.325 e. The Hall–Kier alpha value is -1.56. The van der Waals surface area contributed by atoms with Crippen LogP contribution in [0.2, 0.25) is 0 Å². The molecule has 1 saturated heterocycles. The molecular weight excluding hydrogens is 293 g/mol. The molecule has 1 aliphatic heterocycles. The number of nitrogens with zero attached hydrogens (tertiary/aromatic N) is 1. The third-order valence-electron chi connectivity index (χ3n) is 4.06. The lowest BCUT2D eigenvalue weighted by Gasteiger charge is -2.34. The Balaban J connectivity index is 1.91. The van der Waals surface area contributed by atoms with Crippen LogP contribution in [0, 0.1) is 0 Å². The smallest absolute Gasteiger partial charge is 0.325 e. The predicted octanol–water partition coefficient (Wildman–Crippen LogP) is 3.91. The van der Waals surface area contributed by atoms with E-state index in [0.717, 1.165) is 37.9 Å². The number of anilines is 1. The molecule has 1 aromatic carbocycles. The molecule has 1 atom stereocenters. The Morgan fingerprint density at radius 3 is 2.55 bits per heavy atom. The zero-order valence-corrected chi connectivity index (χ0v) is 12.6. The Morgan fingerprint density at radius 2 is 1.95 bits per heavy atom. The number of likely N-dealkylation sites (tertiary alicyclic amines) is 1. The van der Waals surface area contributed by atoms with Gasteiger partial charge in [-0.15, -0.1) is 0 Å². The molecule has 1 N–H and O–H groups in total. The summed E-state index contributed by atoms with van der Waals surface area (Å²) < 4.78 is 37.4. The van der Waals surface area contributed by atoms with Gasteiger partial charge in [0.05, 0.1) is 12.1 Å². The van der Waals surface area contributed by atoms with Crippen molar-refractivity contribution < 1.29 is 18.0 Å². The first-order valence-electron chi connectivity index (χ1n) is 7.61. The number of amides is 1. The highest BCUT2D eigenvalue weighted by atomic mass is 19.4. The summed E-state index contributed by atoms with van der Waals surface area (Å²) >= 11 is 0. The van der Waals surface area contributed by atoms with Crippen molar-refractivity contribution in [1.82, 2.24) is 4.90 Å². The lowest BCUT2D eigenvalue weighted by molar-refractivity contribution is -0.137. The summed E-state index contributed by atoms with van der Waals surface area (Å²) in [5, 5.41) is 2.66. The molecule has 1 amide bonds. The minimum absolute atomic E-state index is 0.180. The third kappa shape index (κ3) is 4.47. The van der Waals surface area contributed by atoms with Crippen LogP contribution in [-0.2, 0) is 11.0 Å². The molecule has 0 saturated carbocycles. The maximum atomic E-state index is 12.5. The Labute approximate surface area is 128 Å². The molecule has 0 spiro atoms. The molecule has 122 valence electrons. The van der Waals surface area contributed by atoms with Crippen molar-refractivity contribution in [3.8, 4) is 0 Å². The molecule has 0 aromatic heterocycles. The molecule has 6 heteroatoms. The summed E-state index contributed by atoms with van der Waals surface area (Å²) in [5.74, 6) is -0.180. The second-order valence-electron chi connectivity index (χ2n) is 5.65. The lowest BCUT2D eigenvalue weighted by Crippen LogP contribution is -2.43. The van der Waals surface area contributed by atoms with Gasteiger partial charge in [-0.05, 0) is 50.1 Å². The van der Waals surface area contributed by atoms with Gasteiger partial charge in [-0.1, -0.05) is 13.3 Å². The van der Waals surface area contributed by atoms with E-state index in [-0.39, 0.29) is 5.91 Å². The van der Waals surface area contributed by atoms with E-state index in [9.17, 15) is 18.0 Å². The van der Waals surface area contributed by atoms with Crippen LogP contribution in [0.3, 0.4) is 0 Å². The highest BCUT2D eigenvalue weighted by Gasteiger charge is 2.30. The maximum absolute atomic E-state index is 12.5. The van der Waals surface area contributed by atoms with Crippen LogP contribution in [0.25, 0.3) is 0 Å². The van der Waals surface area contributed by atoms with Crippen LogP contribution in [-0.4, -0.2) is 29.9 Å². The molecule has 1 heterocycles. The monoisotopic (exact) mass is 314 g/mol. The van der Waals surface area contributed by atoms with Crippen LogP contribution < -0.4 is 5.32 Å². The van der Waals surface area contributed by atoms with Gasteiger partial charge in [0.2, 0.25) is 5.91 Å². The normalized spacial score (nSPS) is 19.9. The lowest BCUT2D eigenvalue weighted by atomic mass is 10.00. The van der Waals surface area contributed by atoms with Crippen molar-refractivity contribution in [2.45, 2.75) is 44.8 Å². The predicted molar refractivity (Wildman–Crippen MR) is 79.6 cm³/mol. The quantitative estimate of drug-likeness (QED) is 0.914. The summed E-state index contributed by atoms with van der Waals surface area (Å²) in [7, 11) is 0. The van der Waals surface area contributed by atoms with Gasteiger partial charge in [-0.25, -0.2) is 0 Å². The fourth-order valence-corrected chi connectivity index (χ4v) is 2.86. The molecule has 1 aromatic rings. The molecule has 22 heavy (non-hydrogen) atoms. The molecule has 0 radical (unpaired) electrons. The van der Waals surface area contributed by atoms with E-state index in [1.165, 1.54) is 18.6 Å². The average molecular weight is 314 g/mol. The number of carbonyl (C=O) groups is 1. The van der Waals surface area contributed by atoms with Crippen molar-refractivity contribution in [2.75, 3.05) is 18.4 Å². The van der Waals surface area contributed by atoms with E-state index in [0.29, 0.717) is 18.3 Å². The van der Waals surface area contributed by atoms with Gasteiger partial charge in [-0.2, -0.15) is 13.2 Å². The molecule has 1 unspecified atom stereocenters. The first-order chi connectivity index (χ1) is 10.4. The zero-order valence-electron chi connectivity index (χ0n) is 12.6. The third-order valence-corrected chi connectivity index (χ3v) is 4.06. The number of halogens is 3. The van der Waals surface area contributed by atoms with Gasteiger partial charge in [0, 0.05) is 11.7 Å². The fraction of sp³-hybridized carbons (Fsp3) is 0.562. The molecular formula is C16H21F3N2O.